The molecule has 1 atom stereocenters. The Labute approximate surface area is 105 Å². The van der Waals surface area contributed by atoms with Crippen molar-refractivity contribution in [3.8, 4) is 0 Å². The van der Waals surface area contributed by atoms with Gasteiger partial charge in [0.2, 0.25) is 5.91 Å². The zero-order valence-corrected chi connectivity index (χ0v) is 12.1. The maximum atomic E-state index is 11.8. The van der Waals surface area contributed by atoms with Crippen LogP contribution < -0.4 is 5.73 Å². The molecule has 0 aromatic heterocycles. The molecule has 0 spiro atoms. The zero-order chi connectivity index (χ0) is 13.5. The van der Waals surface area contributed by atoms with Crippen LogP contribution in [0, 0.1) is 17.3 Å². The summed E-state index contributed by atoms with van der Waals surface area (Å²) >= 11 is 0. The van der Waals surface area contributed by atoms with Gasteiger partial charge in [-0.25, -0.2) is 0 Å². The fraction of sp³-hybridized carbons (Fsp3) is 0.667. The van der Waals surface area contributed by atoms with Crippen molar-refractivity contribution in [2.45, 2.75) is 48.5 Å². The van der Waals surface area contributed by atoms with E-state index in [0.717, 1.165) is 0 Å². The molecule has 2 N–H and O–H groups in total. The minimum Gasteiger partial charge on any atom is -0.369 e. The summed E-state index contributed by atoms with van der Waals surface area (Å²) in [6.45, 7) is 14.8. The third kappa shape index (κ3) is 2.31. The van der Waals surface area contributed by atoms with Crippen molar-refractivity contribution < 1.29 is 4.79 Å². The van der Waals surface area contributed by atoms with Gasteiger partial charge in [0.05, 0.1) is 5.92 Å². The van der Waals surface area contributed by atoms with E-state index in [9.17, 15) is 4.79 Å². The van der Waals surface area contributed by atoms with Crippen molar-refractivity contribution in [2.24, 2.45) is 23.0 Å². The molecule has 0 aromatic rings. The molecule has 0 fully saturated rings. The molecule has 1 unspecified atom stereocenters. The van der Waals surface area contributed by atoms with E-state index in [1.54, 1.807) is 0 Å². The van der Waals surface area contributed by atoms with E-state index in [-0.39, 0.29) is 23.2 Å². The highest BCUT2D eigenvalue weighted by molar-refractivity contribution is 5.79. The summed E-state index contributed by atoms with van der Waals surface area (Å²) < 4.78 is 0. The van der Waals surface area contributed by atoms with Crippen molar-refractivity contribution in [1.82, 2.24) is 0 Å². The van der Waals surface area contributed by atoms with Crippen LogP contribution in [-0.2, 0) is 4.79 Å². The summed E-state index contributed by atoms with van der Waals surface area (Å²) in [5, 5.41) is 0. The number of hydrogen-bond acceptors (Lipinski definition) is 1. The Balaban J connectivity index is 3.29. The van der Waals surface area contributed by atoms with Gasteiger partial charge in [-0.3, -0.25) is 4.79 Å². The lowest BCUT2D eigenvalue weighted by Gasteiger charge is -2.34. The highest BCUT2D eigenvalue weighted by Crippen LogP contribution is 2.46. The van der Waals surface area contributed by atoms with E-state index in [0.29, 0.717) is 0 Å². The van der Waals surface area contributed by atoms with Gasteiger partial charge >= 0.3 is 0 Å². The van der Waals surface area contributed by atoms with Crippen molar-refractivity contribution in [3.05, 3.63) is 22.3 Å². The molecule has 0 heterocycles. The number of amides is 1. The van der Waals surface area contributed by atoms with E-state index in [1.807, 2.05) is 0 Å². The van der Waals surface area contributed by atoms with Crippen LogP contribution >= 0.6 is 0 Å². The maximum Gasteiger partial charge on any atom is 0.221 e. The number of primary amides is 1. The van der Waals surface area contributed by atoms with Crippen LogP contribution in [0.15, 0.2) is 22.3 Å². The number of carbonyl (C=O) groups excluding carboxylic acids is 1. The number of carbonyl (C=O) groups is 1. The summed E-state index contributed by atoms with van der Waals surface area (Å²) in [6, 6.07) is 0. The van der Waals surface area contributed by atoms with Crippen LogP contribution in [0.3, 0.4) is 0 Å². The second kappa shape index (κ2) is 4.32. The largest absolute Gasteiger partial charge is 0.369 e. The van der Waals surface area contributed by atoms with Gasteiger partial charge in [0, 0.05) is 5.92 Å². The van der Waals surface area contributed by atoms with Gasteiger partial charge in [-0.1, -0.05) is 31.9 Å². The molecular weight excluding hydrogens is 210 g/mol. The Morgan fingerprint density at radius 1 is 1.06 bits per heavy atom. The van der Waals surface area contributed by atoms with Crippen molar-refractivity contribution in [2.75, 3.05) is 0 Å². The molecule has 0 saturated carbocycles. The first kappa shape index (κ1) is 14.0. The first-order valence-electron chi connectivity index (χ1n) is 6.23. The summed E-state index contributed by atoms with van der Waals surface area (Å²) in [4.78, 5) is 11.8. The lowest BCUT2D eigenvalue weighted by Crippen LogP contribution is -2.39. The van der Waals surface area contributed by atoms with Crippen LogP contribution in [0.5, 0.6) is 0 Å². The second-order valence-electron chi connectivity index (χ2n) is 6.34. The topological polar surface area (TPSA) is 43.1 Å². The molecule has 0 aromatic carbocycles. The lowest BCUT2D eigenvalue weighted by molar-refractivity contribution is -0.126. The molecule has 2 heteroatoms. The van der Waals surface area contributed by atoms with Gasteiger partial charge in [-0.2, -0.15) is 0 Å². The monoisotopic (exact) mass is 235 g/mol. The molecule has 0 bridgehead atoms. The van der Waals surface area contributed by atoms with Gasteiger partial charge in [0.15, 0.2) is 0 Å². The Kier molecular flexibility index (Phi) is 3.56. The van der Waals surface area contributed by atoms with Gasteiger partial charge < -0.3 is 5.73 Å². The Hall–Kier alpha value is -1.05. The number of rotatable bonds is 2. The van der Waals surface area contributed by atoms with E-state index in [4.69, 9.17) is 5.73 Å². The number of nitrogens with two attached hydrogens (primary N) is 1. The van der Waals surface area contributed by atoms with Gasteiger partial charge in [0.25, 0.3) is 0 Å². The Morgan fingerprint density at radius 2 is 1.41 bits per heavy atom. The first-order chi connectivity index (χ1) is 7.59. The van der Waals surface area contributed by atoms with E-state index >= 15 is 0 Å². The third-order valence-electron chi connectivity index (χ3n) is 4.25. The second-order valence-corrected chi connectivity index (χ2v) is 6.34. The summed E-state index contributed by atoms with van der Waals surface area (Å²) in [5.74, 6) is -0.133. The molecular formula is C15H25NO. The molecule has 1 rings (SSSR count). The van der Waals surface area contributed by atoms with Crippen molar-refractivity contribution in [3.63, 3.8) is 0 Å². The van der Waals surface area contributed by atoms with Crippen molar-refractivity contribution >= 4 is 5.91 Å². The minimum atomic E-state index is -0.191. The molecule has 1 aliphatic carbocycles. The lowest BCUT2D eigenvalue weighted by atomic mass is 9.69. The fourth-order valence-corrected chi connectivity index (χ4v) is 2.97. The molecule has 0 saturated heterocycles. The predicted octanol–water partition coefficient (Wildman–Crippen LogP) is 3.44. The number of allylic oxidation sites excluding steroid dienone is 4. The van der Waals surface area contributed by atoms with Crippen LogP contribution in [0.1, 0.15) is 48.5 Å². The highest BCUT2D eigenvalue weighted by atomic mass is 16.1. The number of hydrogen-bond donors (Lipinski definition) is 1. The summed E-state index contributed by atoms with van der Waals surface area (Å²) in [6.07, 6.45) is 0. The quantitative estimate of drug-likeness (QED) is 0.782. The molecule has 2 nitrogen and oxygen atoms in total. The summed E-state index contributed by atoms with van der Waals surface area (Å²) in [7, 11) is 0. The zero-order valence-electron chi connectivity index (χ0n) is 12.1. The standard InChI is InChI=1S/C15H25NO/c1-8-9(2)11(4)12(10(8)3)13(14(16)17)15(5,6)7/h12-13H,1-7H3,(H2,16,17). The molecule has 96 valence electrons. The predicted molar refractivity (Wildman–Crippen MR) is 72.4 cm³/mol. The maximum absolute atomic E-state index is 11.8. The average Bonchev–Trinajstić information content (AvgIpc) is 2.33. The van der Waals surface area contributed by atoms with E-state index in [1.165, 1.54) is 22.3 Å². The van der Waals surface area contributed by atoms with Crippen molar-refractivity contribution in [1.29, 1.82) is 0 Å². The van der Waals surface area contributed by atoms with Crippen LogP contribution in [0.25, 0.3) is 0 Å². The van der Waals surface area contributed by atoms with Crippen LogP contribution in [0.2, 0.25) is 0 Å². The van der Waals surface area contributed by atoms with E-state index < -0.39 is 0 Å². The van der Waals surface area contributed by atoms with Crippen LogP contribution in [-0.4, -0.2) is 5.91 Å². The minimum absolute atomic E-state index is 0.107. The Bertz CT molecular complexity index is 383. The molecule has 17 heavy (non-hydrogen) atoms. The average molecular weight is 235 g/mol. The molecule has 0 aliphatic heterocycles. The third-order valence-corrected chi connectivity index (χ3v) is 4.25. The highest BCUT2D eigenvalue weighted by Gasteiger charge is 2.41. The SMILES string of the molecule is CC1=C(C)C(C(C(N)=O)C(C)(C)C)C(C)=C1C. The van der Waals surface area contributed by atoms with E-state index in [2.05, 4.69) is 48.5 Å². The summed E-state index contributed by atoms with van der Waals surface area (Å²) in [5.41, 5.74) is 10.8. The smallest absolute Gasteiger partial charge is 0.221 e. The fourth-order valence-electron chi connectivity index (χ4n) is 2.97. The molecule has 0 radical (unpaired) electrons. The van der Waals surface area contributed by atoms with Gasteiger partial charge in [-0.15, -0.1) is 0 Å². The van der Waals surface area contributed by atoms with Gasteiger partial charge in [-0.05, 0) is 44.3 Å². The first-order valence-corrected chi connectivity index (χ1v) is 6.23. The molecule has 1 aliphatic rings. The van der Waals surface area contributed by atoms with Gasteiger partial charge in [0.1, 0.15) is 0 Å². The van der Waals surface area contributed by atoms with Crippen LogP contribution in [0.4, 0.5) is 0 Å². The normalized spacial score (nSPS) is 20.2. The Morgan fingerprint density at radius 3 is 1.65 bits per heavy atom. The molecule has 1 amide bonds.